The third-order valence-electron chi connectivity index (χ3n) is 8.05. The van der Waals surface area contributed by atoms with Gasteiger partial charge in [-0.05, 0) is 89.4 Å². The Bertz CT molecular complexity index is 1370. The fourth-order valence-corrected chi connectivity index (χ4v) is 6.11. The molecule has 0 unspecified atom stereocenters. The summed E-state index contributed by atoms with van der Waals surface area (Å²) in [7, 11) is 0. The zero-order valence-corrected chi connectivity index (χ0v) is 19.5. The van der Waals surface area contributed by atoms with Crippen LogP contribution in [0.15, 0.2) is 42.5 Å². The Morgan fingerprint density at radius 2 is 1.40 bits per heavy atom. The summed E-state index contributed by atoms with van der Waals surface area (Å²) in [6.07, 6.45) is 0. The fourth-order valence-electron chi connectivity index (χ4n) is 6.11. The van der Waals surface area contributed by atoms with Gasteiger partial charge >= 0.3 is 0 Å². The third kappa shape index (κ3) is 2.27. The van der Waals surface area contributed by atoms with Crippen molar-refractivity contribution in [2.75, 3.05) is 0 Å². The molecule has 0 saturated carbocycles. The molecule has 4 aromatic rings. The second kappa shape index (κ2) is 5.94. The minimum absolute atomic E-state index is 0.0117. The first-order chi connectivity index (χ1) is 14.1. The summed E-state index contributed by atoms with van der Waals surface area (Å²) in [6.45, 7) is 18.7. The van der Waals surface area contributed by atoms with E-state index in [1.165, 1.54) is 60.8 Å². The van der Waals surface area contributed by atoms with E-state index < -0.39 is 0 Å². The van der Waals surface area contributed by atoms with Crippen LogP contribution in [0.5, 0.6) is 0 Å². The number of pyridine rings is 1. The van der Waals surface area contributed by atoms with Crippen molar-refractivity contribution in [2.45, 2.75) is 66.2 Å². The molecular formula is C29H31N. The highest BCUT2D eigenvalue weighted by Gasteiger charge is 2.48. The topological polar surface area (TPSA) is 12.9 Å². The predicted molar refractivity (Wildman–Crippen MR) is 130 cm³/mol. The van der Waals surface area contributed by atoms with Gasteiger partial charge in [0.15, 0.2) is 0 Å². The largest absolute Gasteiger partial charge is 0.247 e. The summed E-state index contributed by atoms with van der Waals surface area (Å²) in [5, 5.41) is 3.98. The zero-order valence-electron chi connectivity index (χ0n) is 19.5. The van der Waals surface area contributed by atoms with Gasteiger partial charge in [0.05, 0.1) is 11.2 Å². The van der Waals surface area contributed by atoms with E-state index in [9.17, 15) is 0 Å². The van der Waals surface area contributed by atoms with Gasteiger partial charge in [-0.25, -0.2) is 4.98 Å². The fraction of sp³-hybridized carbons (Fsp3) is 0.345. The summed E-state index contributed by atoms with van der Waals surface area (Å²) in [6, 6.07) is 15.7. The Morgan fingerprint density at radius 1 is 0.733 bits per heavy atom. The molecule has 3 aromatic carbocycles. The molecule has 0 spiro atoms. The second-order valence-electron chi connectivity index (χ2n) is 10.3. The summed E-state index contributed by atoms with van der Waals surface area (Å²) < 4.78 is 0. The molecule has 0 atom stereocenters. The van der Waals surface area contributed by atoms with E-state index in [4.69, 9.17) is 4.98 Å². The summed E-state index contributed by atoms with van der Waals surface area (Å²) >= 11 is 0. The number of aryl methyl sites for hydroxylation is 4. The molecule has 0 aliphatic heterocycles. The van der Waals surface area contributed by atoms with Crippen LogP contribution in [-0.2, 0) is 10.8 Å². The van der Waals surface area contributed by atoms with E-state index in [0.717, 1.165) is 5.52 Å². The van der Waals surface area contributed by atoms with Crippen LogP contribution >= 0.6 is 0 Å². The molecule has 1 heterocycles. The molecule has 0 amide bonds. The van der Waals surface area contributed by atoms with Gasteiger partial charge in [-0.3, -0.25) is 0 Å². The lowest BCUT2D eigenvalue weighted by molar-refractivity contribution is 0.296. The molecule has 1 aliphatic carbocycles. The van der Waals surface area contributed by atoms with Crippen molar-refractivity contribution in [1.82, 2.24) is 4.98 Å². The molecule has 0 saturated heterocycles. The second-order valence-corrected chi connectivity index (χ2v) is 10.3. The van der Waals surface area contributed by atoms with Crippen molar-refractivity contribution >= 4 is 21.7 Å². The molecule has 0 N–H and O–H groups in total. The zero-order chi connectivity index (χ0) is 21.6. The first-order valence-corrected chi connectivity index (χ1v) is 11.0. The molecule has 0 radical (unpaired) electrons. The molecule has 1 aromatic heterocycles. The summed E-state index contributed by atoms with van der Waals surface area (Å²) in [4.78, 5) is 5.35. The number of hydrogen-bond donors (Lipinski definition) is 0. The SMILES string of the molecule is Cc1cc(C)c2c(C)c3c(nc2c1)-c1cc2ccccc2c(C)c1C(C)(C)C3(C)C. The van der Waals surface area contributed by atoms with Gasteiger partial charge in [0, 0.05) is 16.4 Å². The van der Waals surface area contributed by atoms with E-state index in [2.05, 4.69) is 97.9 Å². The number of rotatable bonds is 0. The van der Waals surface area contributed by atoms with Gasteiger partial charge in [-0.15, -0.1) is 0 Å². The van der Waals surface area contributed by atoms with Gasteiger partial charge in [0.25, 0.3) is 0 Å². The molecule has 0 fully saturated rings. The lowest BCUT2D eigenvalue weighted by atomic mass is 9.54. The molecule has 1 aliphatic rings. The van der Waals surface area contributed by atoms with Crippen molar-refractivity contribution in [1.29, 1.82) is 0 Å². The number of nitrogens with zero attached hydrogens (tertiary/aromatic N) is 1. The highest BCUT2D eigenvalue weighted by molar-refractivity contribution is 5.97. The Kier molecular flexibility index (Phi) is 3.82. The van der Waals surface area contributed by atoms with Crippen molar-refractivity contribution in [3.63, 3.8) is 0 Å². The van der Waals surface area contributed by atoms with Crippen LogP contribution in [0.1, 0.15) is 61.1 Å². The molecule has 1 heteroatoms. The normalized spacial score (nSPS) is 16.5. The maximum atomic E-state index is 5.35. The third-order valence-corrected chi connectivity index (χ3v) is 8.05. The number of benzene rings is 3. The van der Waals surface area contributed by atoms with Crippen LogP contribution in [0.4, 0.5) is 0 Å². The van der Waals surface area contributed by atoms with Gasteiger partial charge in [-0.2, -0.15) is 0 Å². The maximum Gasteiger partial charge on any atom is 0.0753 e. The molecule has 5 rings (SSSR count). The Morgan fingerprint density at radius 3 is 2.13 bits per heavy atom. The number of fused-ring (bicyclic) bond motifs is 5. The molecule has 30 heavy (non-hydrogen) atoms. The van der Waals surface area contributed by atoms with Crippen LogP contribution in [0.25, 0.3) is 32.9 Å². The van der Waals surface area contributed by atoms with Crippen LogP contribution in [0.2, 0.25) is 0 Å². The summed E-state index contributed by atoms with van der Waals surface area (Å²) in [5.74, 6) is 0. The number of hydrogen-bond acceptors (Lipinski definition) is 1. The van der Waals surface area contributed by atoms with Crippen LogP contribution in [0.3, 0.4) is 0 Å². The van der Waals surface area contributed by atoms with Crippen LogP contribution < -0.4 is 0 Å². The van der Waals surface area contributed by atoms with Gasteiger partial charge in [-0.1, -0.05) is 58.0 Å². The first kappa shape index (κ1) is 19.3. The molecule has 0 bridgehead atoms. The van der Waals surface area contributed by atoms with E-state index in [-0.39, 0.29) is 10.8 Å². The minimum Gasteiger partial charge on any atom is -0.247 e. The first-order valence-electron chi connectivity index (χ1n) is 11.0. The maximum absolute atomic E-state index is 5.35. The minimum atomic E-state index is -0.0366. The smallest absolute Gasteiger partial charge is 0.0753 e. The van der Waals surface area contributed by atoms with E-state index in [1.54, 1.807) is 0 Å². The van der Waals surface area contributed by atoms with Gasteiger partial charge in [0.2, 0.25) is 0 Å². The molecule has 152 valence electrons. The molecular weight excluding hydrogens is 362 g/mol. The Labute approximate surface area is 180 Å². The Balaban J connectivity index is 2.04. The van der Waals surface area contributed by atoms with Gasteiger partial charge < -0.3 is 0 Å². The van der Waals surface area contributed by atoms with Crippen molar-refractivity contribution in [2.24, 2.45) is 0 Å². The number of aromatic nitrogens is 1. The van der Waals surface area contributed by atoms with Gasteiger partial charge in [0.1, 0.15) is 0 Å². The van der Waals surface area contributed by atoms with Crippen molar-refractivity contribution < 1.29 is 0 Å². The van der Waals surface area contributed by atoms with Crippen LogP contribution in [-0.4, -0.2) is 4.98 Å². The van der Waals surface area contributed by atoms with Crippen LogP contribution in [0, 0.1) is 27.7 Å². The quantitative estimate of drug-likeness (QED) is 0.296. The van der Waals surface area contributed by atoms with E-state index in [0.29, 0.717) is 0 Å². The Hall–Kier alpha value is -2.67. The monoisotopic (exact) mass is 393 g/mol. The van der Waals surface area contributed by atoms with E-state index >= 15 is 0 Å². The average molecular weight is 394 g/mol. The summed E-state index contributed by atoms with van der Waals surface area (Å²) in [5.41, 5.74) is 11.8. The highest BCUT2D eigenvalue weighted by atomic mass is 14.7. The van der Waals surface area contributed by atoms with Crippen molar-refractivity contribution in [3.05, 3.63) is 75.8 Å². The van der Waals surface area contributed by atoms with Crippen molar-refractivity contribution in [3.8, 4) is 11.3 Å². The lowest BCUT2D eigenvalue weighted by Crippen LogP contribution is -2.45. The standard InChI is InChI=1S/C29H31N/c1-16-13-17(2)24-19(4)26-27(30-23(24)14-16)22-15-20-11-9-10-12-21(20)18(3)25(22)28(5,6)29(26,7)8/h9-15H,1-8H3. The predicted octanol–water partition coefficient (Wildman–Crippen LogP) is 7.86. The highest BCUT2D eigenvalue weighted by Crippen LogP contribution is 2.56. The van der Waals surface area contributed by atoms with E-state index in [1.807, 2.05) is 0 Å². The molecule has 1 nitrogen and oxygen atoms in total. The lowest BCUT2D eigenvalue weighted by Gasteiger charge is -2.49. The average Bonchev–Trinajstić information content (AvgIpc) is 2.65.